The number of halogens is 3. The van der Waals surface area contributed by atoms with Gasteiger partial charge in [0, 0.05) is 5.56 Å². The number of oxazole rings is 1. The molecule has 0 bridgehead atoms. The minimum Gasteiger partial charge on any atom is -0.444 e. The Kier molecular flexibility index (Phi) is 5.53. The molecule has 6 nitrogen and oxygen atoms in total. The predicted molar refractivity (Wildman–Crippen MR) is 98.8 cm³/mol. The Labute approximate surface area is 158 Å². The van der Waals surface area contributed by atoms with E-state index in [2.05, 4.69) is 20.0 Å². The summed E-state index contributed by atoms with van der Waals surface area (Å²) >= 11 is 0. The van der Waals surface area contributed by atoms with E-state index in [1.807, 2.05) is 31.2 Å². The summed E-state index contributed by atoms with van der Waals surface area (Å²) in [6, 6.07) is 13.2. The van der Waals surface area contributed by atoms with Crippen LogP contribution in [0.25, 0.3) is 11.5 Å². The Balaban J connectivity index is 1.66. The van der Waals surface area contributed by atoms with Crippen molar-refractivity contribution in [2.75, 3.05) is 5.32 Å². The number of alkyl halides is 3. The van der Waals surface area contributed by atoms with Crippen molar-refractivity contribution in [3.8, 4) is 17.2 Å². The largest absolute Gasteiger partial charge is 0.573 e. The first-order chi connectivity index (χ1) is 13.3. The molecule has 146 valence electrons. The van der Waals surface area contributed by atoms with Crippen LogP contribution >= 0.6 is 0 Å². The summed E-state index contributed by atoms with van der Waals surface area (Å²) in [5.41, 5.74) is 8.28. The maximum atomic E-state index is 12.5. The van der Waals surface area contributed by atoms with Gasteiger partial charge in [0.15, 0.2) is 11.7 Å². The number of hydrogen-bond acceptors (Lipinski definition) is 4. The SMILES string of the molecule is Cc1ccc(-c2nc(CN=C(N)Nc3ccccc3OC(F)(F)F)co2)cc1. The minimum absolute atomic E-state index is 0.0431. The first-order valence-electron chi connectivity index (χ1n) is 8.23. The van der Waals surface area contributed by atoms with E-state index in [0.29, 0.717) is 11.6 Å². The van der Waals surface area contributed by atoms with Crippen molar-refractivity contribution in [1.82, 2.24) is 4.98 Å². The molecule has 0 atom stereocenters. The number of para-hydroxylation sites is 2. The zero-order valence-corrected chi connectivity index (χ0v) is 14.8. The molecule has 0 aliphatic heterocycles. The fraction of sp³-hybridized carbons (Fsp3) is 0.158. The zero-order valence-electron chi connectivity index (χ0n) is 14.8. The van der Waals surface area contributed by atoms with Gasteiger partial charge in [0.05, 0.1) is 12.2 Å². The van der Waals surface area contributed by atoms with Crippen molar-refractivity contribution < 1.29 is 22.3 Å². The molecule has 1 heterocycles. The maximum Gasteiger partial charge on any atom is 0.573 e. The first kappa shape index (κ1) is 19.3. The number of guanidine groups is 1. The number of ether oxygens (including phenoxy) is 1. The van der Waals surface area contributed by atoms with E-state index in [9.17, 15) is 13.2 Å². The molecular weight excluding hydrogens is 373 g/mol. The number of aryl methyl sites for hydroxylation is 1. The smallest absolute Gasteiger partial charge is 0.444 e. The normalized spacial score (nSPS) is 12.1. The molecule has 0 radical (unpaired) electrons. The molecule has 0 fully saturated rings. The number of nitrogens with one attached hydrogen (secondary N) is 1. The minimum atomic E-state index is -4.81. The molecule has 3 aromatic rings. The van der Waals surface area contributed by atoms with Crippen LogP contribution in [0.15, 0.2) is 64.2 Å². The highest BCUT2D eigenvalue weighted by Gasteiger charge is 2.32. The number of aromatic nitrogens is 1. The Bertz CT molecular complexity index is 966. The van der Waals surface area contributed by atoms with Gasteiger partial charge >= 0.3 is 6.36 Å². The van der Waals surface area contributed by atoms with Crippen molar-refractivity contribution in [3.63, 3.8) is 0 Å². The Hall–Kier alpha value is -3.49. The van der Waals surface area contributed by atoms with Gasteiger partial charge in [-0.15, -0.1) is 13.2 Å². The average Bonchev–Trinajstić information content (AvgIpc) is 3.10. The fourth-order valence-electron chi connectivity index (χ4n) is 2.34. The van der Waals surface area contributed by atoms with Gasteiger partial charge in [0.25, 0.3) is 0 Å². The van der Waals surface area contributed by atoms with Crippen LogP contribution < -0.4 is 15.8 Å². The standard InChI is InChI=1S/C19H17F3N4O2/c1-12-6-8-13(9-7-12)17-25-14(11-27-17)10-24-18(23)26-15-4-2-3-5-16(15)28-19(20,21)22/h2-9,11H,10H2,1H3,(H3,23,24,26). The quantitative estimate of drug-likeness (QED) is 0.496. The van der Waals surface area contributed by atoms with Crippen molar-refractivity contribution in [2.45, 2.75) is 19.8 Å². The second-order valence-corrected chi connectivity index (χ2v) is 5.88. The molecule has 0 saturated carbocycles. The van der Waals surface area contributed by atoms with E-state index in [-0.39, 0.29) is 18.2 Å². The highest BCUT2D eigenvalue weighted by atomic mass is 19.4. The number of hydrogen-bond donors (Lipinski definition) is 2. The average molecular weight is 390 g/mol. The van der Waals surface area contributed by atoms with Gasteiger partial charge in [-0.3, -0.25) is 0 Å². The van der Waals surface area contributed by atoms with Gasteiger partial charge < -0.3 is 20.2 Å². The van der Waals surface area contributed by atoms with Crippen LogP contribution in [0.1, 0.15) is 11.3 Å². The molecule has 0 saturated heterocycles. The van der Waals surface area contributed by atoms with E-state index in [0.717, 1.165) is 11.1 Å². The number of rotatable bonds is 5. The van der Waals surface area contributed by atoms with Crippen molar-refractivity contribution in [2.24, 2.45) is 10.7 Å². The highest BCUT2D eigenvalue weighted by molar-refractivity contribution is 5.93. The second kappa shape index (κ2) is 8.03. The van der Waals surface area contributed by atoms with Gasteiger partial charge in [-0.25, -0.2) is 9.98 Å². The van der Waals surface area contributed by atoms with E-state index in [1.54, 1.807) is 6.07 Å². The Morgan fingerprint density at radius 1 is 1.18 bits per heavy atom. The molecule has 0 unspecified atom stereocenters. The van der Waals surface area contributed by atoms with E-state index in [4.69, 9.17) is 10.2 Å². The number of anilines is 1. The molecule has 0 spiro atoms. The van der Waals surface area contributed by atoms with Crippen LogP contribution in [0.4, 0.5) is 18.9 Å². The van der Waals surface area contributed by atoms with Gasteiger partial charge in [-0.1, -0.05) is 29.8 Å². The lowest BCUT2D eigenvalue weighted by molar-refractivity contribution is -0.274. The first-order valence-corrected chi connectivity index (χ1v) is 8.23. The maximum absolute atomic E-state index is 12.5. The fourth-order valence-corrected chi connectivity index (χ4v) is 2.34. The molecule has 2 aromatic carbocycles. The van der Waals surface area contributed by atoms with Gasteiger partial charge in [0.2, 0.25) is 5.89 Å². The molecule has 1 aromatic heterocycles. The molecule has 28 heavy (non-hydrogen) atoms. The Morgan fingerprint density at radius 3 is 2.61 bits per heavy atom. The third-order valence-electron chi connectivity index (χ3n) is 3.64. The predicted octanol–water partition coefficient (Wildman–Crippen LogP) is 4.48. The van der Waals surface area contributed by atoms with Crippen LogP contribution in [0.2, 0.25) is 0 Å². The number of benzene rings is 2. The molecular formula is C19H17F3N4O2. The summed E-state index contributed by atoms with van der Waals surface area (Å²) in [5, 5.41) is 2.59. The van der Waals surface area contributed by atoms with Crippen molar-refractivity contribution in [1.29, 1.82) is 0 Å². The topological polar surface area (TPSA) is 85.7 Å². The molecule has 0 aliphatic rings. The second-order valence-electron chi connectivity index (χ2n) is 5.88. The summed E-state index contributed by atoms with van der Waals surface area (Å²) < 4.78 is 46.8. The van der Waals surface area contributed by atoms with Gasteiger partial charge in [0.1, 0.15) is 12.0 Å². The number of nitrogens with zero attached hydrogens (tertiary/aromatic N) is 2. The lowest BCUT2D eigenvalue weighted by atomic mass is 10.1. The highest BCUT2D eigenvalue weighted by Crippen LogP contribution is 2.29. The van der Waals surface area contributed by atoms with Gasteiger partial charge in [-0.2, -0.15) is 0 Å². The summed E-state index contributed by atoms with van der Waals surface area (Å²) in [6.07, 6.45) is -3.36. The molecule has 3 rings (SSSR count). The molecule has 9 heteroatoms. The third-order valence-corrected chi connectivity index (χ3v) is 3.64. The van der Waals surface area contributed by atoms with Crippen LogP contribution in [0.5, 0.6) is 5.75 Å². The molecule has 0 aliphatic carbocycles. The van der Waals surface area contributed by atoms with E-state index >= 15 is 0 Å². The lowest BCUT2D eigenvalue weighted by Crippen LogP contribution is -2.24. The van der Waals surface area contributed by atoms with Crippen molar-refractivity contribution in [3.05, 3.63) is 66.1 Å². The molecule has 0 amide bonds. The summed E-state index contributed by atoms with van der Waals surface area (Å²) in [7, 11) is 0. The summed E-state index contributed by atoms with van der Waals surface area (Å²) in [5.74, 6) is -0.0463. The number of aliphatic imine (C=N–C) groups is 1. The summed E-state index contributed by atoms with van der Waals surface area (Å²) in [4.78, 5) is 8.40. The lowest BCUT2D eigenvalue weighted by Gasteiger charge is -2.13. The van der Waals surface area contributed by atoms with E-state index in [1.165, 1.54) is 24.5 Å². The summed E-state index contributed by atoms with van der Waals surface area (Å²) in [6.45, 7) is 2.07. The van der Waals surface area contributed by atoms with Crippen LogP contribution in [-0.4, -0.2) is 17.3 Å². The Morgan fingerprint density at radius 2 is 1.89 bits per heavy atom. The van der Waals surface area contributed by atoms with E-state index < -0.39 is 12.1 Å². The van der Waals surface area contributed by atoms with Crippen LogP contribution in [0.3, 0.4) is 0 Å². The molecule has 3 N–H and O–H groups in total. The van der Waals surface area contributed by atoms with Crippen LogP contribution in [0, 0.1) is 6.92 Å². The van der Waals surface area contributed by atoms with Crippen molar-refractivity contribution >= 4 is 11.6 Å². The number of nitrogens with two attached hydrogens (primary N) is 1. The third kappa shape index (κ3) is 5.26. The van der Waals surface area contributed by atoms with Gasteiger partial charge in [-0.05, 0) is 31.2 Å². The zero-order chi connectivity index (χ0) is 20.1. The monoisotopic (exact) mass is 390 g/mol. The van der Waals surface area contributed by atoms with Crippen LogP contribution in [-0.2, 0) is 6.54 Å².